The van der Waals surface area contributed by atoms with Crippen LogP contribution in [0.15, 0.2) is 42.9 Å². The second kappa shape index (κ2) is 6.06. The zero-order valence-corrected chi connectivity index (χ0v) is 12.5. The van der Waals surface area contributed by atoms with Gasteiger partial charge in [0.05, 0.1) is 5.69 Å². The predicted octanol–water partition coefficient (Wildman–Crippen LogP) is 3.47. The molecule has 0 unspecified atom stereocenters. The second-order valence-corrected chi connectivity index (χ2v) is 5.14. The van der Waals surface area contributed by atoms with Crippen LogP contribution in [0, 0.1) is 0 Å². The number of hydrogen-bond acceptors (Lipinski definition) is 3. The molecular weight excluding hydrogens is 260 g/mol. The van der Waals surface area contributed by atoms with Crippen LogP contribution in [0.5, 0.6) is 0 Å². The molecular formula is C17H20N4. The van der Waals surface area contributed by atoms with E-state index in [2.05, 4.69) is 51.9 Å². The van der Waals surface area contributed by atoms with Crippen LogP contribution in [0.4, 0.5) is 0 Å². The van der Waals surface area contributed by atoms with Crippen molar-refractivity contribution in [3.05, 3.63) is 48.5 Å². The van der Waals surface area contributed by atoms with Gasteiger partial charge in [0.2, 0.25) is 0 Å². The quantitative estimate of drug-likeness (QED) is 0.778. The topological polar surface area (TPSA) is 44.8 Å². The monoisotopic (exact) mass is 280 g/mol. The van der Waals surface area contributed by atoms with Crippen LogP contribution >= 0.6 is 0 Å². The first-order valence-corrected chi connectivity index (χ1v) is 7.41. The number of pyridine rings is 2. The maximum Gasteiger partial charge on any atom is 0.137 e. The van der Waals surface area contributed by atoms with E-state index in [9.17, 15) is 0 Å². The van der Waals surface area contributed by atoms with Crippen molar-refractivity contribution < 1.29 is 0 Å². The lowest BCUT2D eigenvalue weighted by molar-refractivity contribution is 0.292. The molecule has 3 aromatic rings. The molecule has 0 saturated heterocycles. The summed E-state index contributed by atoms with van der Waals surface area (Å²) < 4.78 is 0. The number of nitrogens with one attached hydrogen (secondary N) is 1. The summed E-state index contributed by atoms with van der Waals surface area (Å²) in [6.07, 6.45) is 5.74. The number of hydrogen-bond donors (Lipinski definition) is 1. The Hall–Kier alpha value is -2.20. The highest BCUT2D eigenvalue weighted by molar-refractivity contribution is 5.81. The third kappa shape index (κ3) is 2.95. The van der Waals surface area contributed by atoms with Gasteiger partial charge in [-0.15, -0.1) is 0 Å². The van der Waals surface area contributed by atoms with Gasteiger partial charge in [0.25, 0.3) is 0 Å². The van der Waals surface area contributed by atoms with Gasteiger partial charge in [-0.1, -0.05) is 19.9 Å². The third-order valence-electron chi connectivity index (χ3n) is 3.84. The summed E-state index contributed by atoms with van der Waals surface area (Å²) in [5.74, 6) is 0. The molecule has 0 saturated carbocycles. The molecule has 0 fully saturated rings. The molecule has 4 nitrogen and oxygen atoms in total. The van der Waals surface area contributed by atoms with Gasteiger partial charge in [-0.3, -0.25) is 9.88 Å². The van der Waals surface area contributed by atoms with E-state index in [4.69, 9.17) is 0 Å². The Morgan fingerprint density at radius 2 is 1.81 bits per heavy atom. The molecule has 0 aromatic carbocycles. The standard InChI is InChI=1S/C17H20N4/c1-3-21(4-2)12-16-6-5-14(10-19-16)15-9-13-7-8-18-17(13)20-11-15/h5-11H,3-4,12H2,1-2H3,(H,18,20). The summed E-state index contributed by atoms with van der Waals surface area (Å²) in [7, 11) is 0. The van der Waals surface area contributed by atoms with Crippen LogP contribution in [-0.4, -0.2) is 32.9 Å². The fraction of sp³-hybridized carbons (Fsp3) is 0.294. The van der Waals surface area contributed by atoms with Crippen molar-refractivity contribution in [1.82, 2.24) is 19.9 Å². The van der Waals surface area contributed by atoms with Gasteiger partial charge in [-0.05, 0) is 31.3 Å². The Morgan fingerprint density at radius 3 is 2.52 bits per heavy atom. The van der Waals surface area contributed by atoms with Crippen LogP contribution in [0.1, 0.15) is 19.5 Å². The Labute approximate surface area is 124 Å². The van der Waals surface area contributed by atoms with E-state index in [0.717, 1.165) is 47.5 Å². The van der Waals surface area contributed by atoms with E-state index in [1.807, 2.05) is 24.7 Å². The Balaban J connectivity index is 1.82. The van der Waals surface area contributed by atoms with Crippen LogP contribution in [0.3, 0.4) is 0 Å². The van der Waals surface area contributed by atoms with E-state index in [-0.39, 0.29) is 0 Å². The molecule has 3 heterocycles. The van der Waals surface area contributed by atoms with Crippen molar-refractivity contribution in [2.45, 2.75) is 20.4 Å². The first-order valence-electron chi connectivity index (χ1n) is 7.41. The maximum absolute atomic E-state index is 4.58. The van der Waals surface area contributed by atoms with Crippen LogP contribution in [-0.2, 0) is 6.54 Å². The van der Waals surface area contributed by atoms with Gasteiger partial charge < -0.3 is 4.98 Å². The van der Waals surface area contributed by atoms with E-state index in [1.54, 1.807) is 0 Å². The van der Waals surface area contributed by atoms with Crippen molar-refractivity contribution in [2.24, 2.45) is 0 Å². The van der Waals surface area contributed by atoms with Gasteiger partial charge in [0.1, 0.15) is 5.65 Å². The van der Waals surface area contributed by atoms with Gasteiger partial charge >= 0.3 is 0 Å². The minimum Gasteiger partial charge on any atom is -0.346 e. The Bertz CT molecular complexity index is 711. The summed E-state index contributed by atoms with van der Waals surface area (Å²) in [6, 6.07) is 8.41. The number of nitrogens with zero attached hydrogens (tertiary/aromatic N) is 3. The molecule has 0 aliphatic heterocycles. The fourth-order valence-electron chi connectivity index (χ4n) is 2.46. The Morgan fingerprint density at radius 1 is 1.00 bits per heavy atom. The minimum absolute atomic E-state index is 0.905. The summed E-state index contributed by atoms with van der Waals surface area (Å²) in [4.78, 5) is 14.5. The van der Waals surface area contributed by atoms with E-state index in [1.165, 1.54) is 0 Å². The van der Waals surface area contributed by atoms with Gasteiger partial charge in [0.15, 0.2) is 0 Å². The summed E-state index contributed by atoms with van der Waals surface area (Å²) in [5.41, 5.74) is 4.24. The number of aromatic amines is 1. The van der Waals surface area contributed by atoms with Crippen LogP contribution in [0.25, 0.3) is 22.2 Å². The summed E-state index contributed by atoms with van der Waals surface area (Å²) in [5, 5.41) is 1.12. The van der Waals surface area contributed by atoms with Gasteiger partial charge in [-0.2, -0.15) is 0 Å². The maximum atomic E-state index is 4.58. The van der Waals surface area contributed by atoms with Crippen LogP contribution < -0.4 is 0 Å². The minimum atomic E-state index is 0.905. The number of rotatable bonds is 5. The molecule has 0 aliphatic carbocycles. The average molecular weight is 280 g/mol. The van der Waals surface area contributed by atoms with Crippen molar-refractivity contribution in [3.8, 4) is 11.1 Å². The van der Waals surface area contributed by atoms with E-state index in [0.29, 0.717) is 0 Å². The molecule has 0 atom stereocenters. The molecule has 1 N–H and O–H groups in total. The van der Waals surface area contributed by atoms with Crippen molar-refractivity contribution >= 4 is 11.0 Å². The molecule has 4 heteroatoms. The SMILES string of the molecule is CCN(CC)Cc1ccc(-c2cnc3[nH]ccc3c2)cn1. The third-order valence-corrected chi connectivity index (χ3v) is 3.84. The highest BCUT2D eigenvalue weighted by atomic mass is 15.1. The van der Waals surface area contributed by atoms with E-state index >= 15 is 0 Å². The molecule has 108 valence electrons. The zero-order valence-electron chi connectivity index (χ0n) is 12.5. The fourth-order valence-corrected chi connectivity index (χ4v) is 2.46. The van der Waals surface area contributed by atoms with Crippen molar-refractivity contribution in [2.75, 3.05) is 13.1 Å². The lowest BCUT2D eigenvalue weighted by atomic mass is 10.1. The highest BCUT2D eigenvalue weighted by Gasteiger charge is 2.05. The molecule has 3 aromatic heterocycles. The van der Waals surface area contributed by atoms with E-state index < -0.39 is 0 Å². The second-order valence-electron chi connectivity index (χ2n) is 5.14. The predicted molar refractivity (Wildman–Crippen MR) is 85.9 cm³/mol. The Kier molecular flexibility index (Phi) is 3.97. The average Bonchev–Trinajstić information content (AvgIpc) is 3.00. The molecule has 0 aliphatic rings. The van der Waals surface area contributed by atoms with Crippen molar-refractivity contribution in [1.29, 1.82) is 0 Å². The first-order chi connectivity index (χ1) is 10.3. The number of H-pyrrole nitrogens is 1. The normalized spacial score (nSPS) is 11.4. The van der Waals surface area contributed by atoms with Crippen LogP contribution in [0.2, 0.25) is 0 Å². The number of fused-ring (bicyclic) bond motifs is 1. The highest BCUT2D eigenvalue weighted by Crippen LogP contribution is 2.21. The largest absolute Gasteiger partial charge is 0.346 e. The van der Waals surface area contributed by atoms with Gasteiger partial charge in [-0.25, -0.2) is 4.98 Å². The molecule has 0 bridgehead atoms. The summed E-state index contributed by atoms with van der Waals surface area (Å²) in [6.45, 7) is 7.36. The van der Waals surface area contributed by atoms with Gasteiger partial charge in [0, 0.05) is 41.6 Å². The smallest absolute Gasteiger partial charge is 0.137 e. The number of aromatic nitrogens is 3. The summed E-state index contributed by atoms with van der Waals surface area (Å²) >= 11 is 0. The molecule has 0 radical (unpaired) electrons. The van der Waals surface area contributed by atoms with Crippen molar-refractivity contribution in [3.63, 3.8) is 0 Å². The molecule has 3 rings (SSSR count). The molecule has 21 heavy (non-hydrogen) atoms. The lowest BCUT2D eigenvalue weighted by Gasteiger charge is -2.17. The first kappa shape index (κ1) is 13.8. The lowest BCUT2D eigenvalue weighted by Crippen LogP contribution is -2.22. The zero-order chi connectivity index (χ0) is 14.7. The molecule has 0 spiro atoms. The molecule has 0 amide bonds.